The van der Waals surface area contributed by atoms with E-state index >= 15 is 0 Å². The summed E-state index contributed by atoms with van der Waals surface area (Å²) in [7, 11) is 0. The van der Waals surface area contributed by atoms with Crippen LogP contribution in [0.2, 0.25) is 0 Å². The summed E-state index contributed by atoms with van der Waals surface area (Å²) in [5.74, 6) is 0.288. The summed E-state index contributed by atoms with van der Waals surface area (Å²) in [6.45, 7) is 1.88. The van der Waals surface area contributed by atoms with Crippen molar-refractivity contribution in [3.8, 4) is 5.75 Å². The zero-order chi connectivity index (χ0) is 16.2. The molecule has 114 valence electrons. The Bertz CT molecular complexity index is 1020. The van der Waals surface area contributed by atoms with Crippen LogP contribution in [0, 0.1) is 6.92 Å². The molecule has 0 radical (unpaired) electrons. The van der Waals surface area contributed by atoms with Gasteiger partial charge in [0.15, 0.2) is 5.43 Å². The summed E-state index contributed by atoms with van der Waals surface area (Å²) in [5, 5.41) is 10.9. The maximum absolute atomic E-state index is 11.4. The number of aromatic amines is 1. The minimum atomic E-state index is 0.0850. The molecular weight excluding hydrogens is 288 g/mol. The van der Waals surface area contributed by atoms with E-state index in [-0.39, 0.29) is 11.2 Å². The molecule has 4 aromatic rings. The molecule has 0 saturated carbocycles. The number of aryl methyl sites for hydroxylation is 1. The lowest BCUT2D eigenvalue weighted by Gasteiger charge is -1.97. The first-order valence-corrected chi connectivity index (χ1v) is 7.26. The highest BCUT2D eigenvalue weighted by Crippen LogP contribution is 2.21. The third kappa shape index (κ3) is 3.21. The Labute approximate surface area is 133 Å². The molecule has 23 heavy (non-hydrogen) atoms. The molecule has 0 aliphatic rings. The van der Waals surface area contributed by atoms with E-state index in [1.807, 2.05) is 49.4 Å². The third-order valence-corrected chi connectivity index (χ3v) is 3.49. The number of pyridine rings is 2. The molecule has 0 aliphatic carbocycles. The van der Waals surface area contributed by atoms with Gasteiger partial charge in [0, 0.05) is 34.2 Å². The van der Waals surface area contributed by atoms with Crippen molar-refractivity contribution in [3.05, 3.63) is 82.8 Å². The lowest BCUT2D eigenvalue weighted by Crippen LogP contribution is -2.01. The minimum Gasteiger partial charge on any atom is -0.507 e. The number of benzene rings is 2. The molecule has 0 amide bonds. The van der Waals surface area contributed by atoms with Gasteiger partial charge >= 0.3 is 0 Å². The topological polar surface area (TPSA) is 66.0 Å². The number of H-pyrrole nitrogens is 1. The Morgan fingerprint density at radius 3 is 2.57 bits per heavy atom. The molecule has 0 saturated heterocycles. The van der Waals surface area contributed by atoms with Crippen molar-refractivity contribution in [1.29, 1.82) is 0 Å². The van der Waals surface area contributed by atoms with Gasteiger partial charge in [-0.2, -0.15) is 0 Å². The Morgan fingerprint density at radius 2 is 1.74 bits per heavy atom. The van der Waals surface area contributed by atoms with Crippen LogP contribution in [0.1, 0.15) is 5.69 Å². The summed E-state index contributed by atoms with van der Waals surface area (Å²) in [6.07, 6.45) is 1.71. The second-order valence-corrected chi connectivity index (χ2v) is 5.21. The quantitative estimate of drug-likeness (QED) is 0.519. The van der Waals surface area contributed by atoms with Crippen molar-refractivity contribution >= 4 is 21.8 Å². The fourth-order valence-corrected chi connectivity index (χ4v) is 2.42. The van der Waals surface area contributed by atoms with Crippen LogP contribution in [0.15, 0.2) is 71.7 Å². The van der Waals surface area contributed by atoms with Crippen LogP contribution in [-0.4, -0.2) is 15.1 Å². The van der Waals surface area contributed by atoms with E-state index < -0.39 is 0 Å². The summed E-state index contributed by atoms with van der Waals surface area (Å²) >= 11 is 0. The molecule has 0 spiro atoms. The van der Waals surface area contributed by atoms with Crippen LogP contribution in [0.5, 0.6) is 5.75 Å². The standard InChI is InChI=1S/C10H9NO.C9H7NO/c1-7-6-10(12)8-4-2-3-5-9(8)11-7;11-9-5-1-4-8-7(9)3-2-6-10-8/h2-6H,1H3,(H,11,12);1-6,11H. The van der Waals surface area contributed by atoms with Gasteiger partial charge in [-0.15, -0.1) is 0 Å². The molecule has 0 aliphatic heterocycles. The van der Waals surface area contributed by atoms with Gasteiger partial charge < -0.3 is 10.1 Å². The van der Waals surface area contributed by atoms with Gasteiger partial charge in [-0.25, -0.2) is 0 Å². The van der Waals surface area contributed by atoms with Gasteiger partial charge in [0.25, 0.3) is 0 Å². The smallest absolute Gasteiger partial charge is 0.189 e. The fourth-order valence-electron chi connectivity index (χ4n) is 2.42. The number of rotatable bonds is 0. The maximum atomic E-state index is 11.4. The van der Waals surface area contributed by atoms with Gasteiger partial charge in [-0.3, -0.25) is 9.78 Å². The summed E-state index contributed by atoms with van der Waals surface area (Å²) in [5.41, 5.74) is 2.72. The van der Waals surface area contributed by atoms with Crippen molar-refractivity contribution < 1.29 is 5.11 Å². The molecule has 0 unspecified atom stereocenters. The zero-order valence-electron chi connectivity index (χ0n) is 12.7. The van der Waals surface area contributed by atoms with E-state index in [1.165, 1.54) is 0 Å². The largest absolute Gasteiger partial charge is 0.507 e. The van der Waals surface area contributed by atoms with Crippen molar-refractivity contribution in [2.45, 2.75) is 6.92 Å². The van der Waals surface area contributed by atoms with Crippen LogP contribution < -0.4 is 5.43 Å². The molecule has 0 bridgehead atoms. The third-order valence-electron chi connectivity index (χ3n) is 3.49. The molecule has 0 fully saturated rings. The average molecular weight is 304 g/mol. The van der Waals surface area contributed by atoms with Gasteiger partial charge in [0.1, 0.15) is 5.75 Å². The molecule has 2 heterocycles. The van der Waals surface area contributed by atoms with E-state index in [0.29, 0.717) is 0 Å². The number of nitrogens with zero attached hydrogens (tertiary/aromatic N) is 1. The van der Waals surface area contributed by atoms with Crippen LogP contribution in [0.3, 0.4) is 0 Å². The van der Waals surface area contributed by atoms with E-state index in [1.54, 1.807) is 24.4 Å². The highest BCUT2D eigenvalue weighted by molar-refractivity contribution is 5.84. The van der Waals surface area contributed by atoms with E-state index in [4.69, 9.17) is 0 Å². The van der Waals surface area contributed by atoms with Gasteiger partial charge in [0.2, 0.25) is 0 Å². The predicted octanol–water partition coefficient (Wildman–Crippen LogP) is 3.78. The summed E-state index contributed by atoms with van der Waals surface area (Å²) < 4.78 is 0. The van der Waals surface area contributed by atoms with Crippen LogP contribution in [-0.2, 0) is 0 Å². The highest BCUT2D eigenvalue weighted by atomic mass is 16.3. The van der Waals surface area contributed by atoms with Gasteiger partial charge in [-0.05, 0) is 43.3 Å². The molecule has 4 rings (SSSR count). The Morgan fingerprint density at radius 1 is 0.957 bits per heavy atom. The molecule has 4 heteroatoms. The number of para-hydroxylation sites is 1. The molecule has 0 atom stereocenters. The van der Waals surface area contributed by atoms with Gasteiger partial charge in [0.05, 0.1) is 5.52 Å². The van der Waals surface area contributed by atoms with E-state index in [2.05, 4.69) is 9.97 Å². The number of hydrogen-bond donors (Lipinski definition) is 2. The highest BCUT2D eigenvalue weighted by Gasteiger charge is 1.97. The van der Waals surface area contributed by atoms with E-state index in [0.717, 1.165) is 27.5 Å². The monoisotopic (exact) mass is 304 g/mol. The van der Waals surface area contributed by atoms with E-state index in [9.17, 15) is 9.90 Å². The first-order valence-electron chi connectivity index (χ1n) is 7.26. The number of phenolic OH excluding ortho intramolecular Hbond substituents is 1. The van der Waals surface area contributed by atoms with Crippen molar-refractivity contribution in [2.24, 2.45) is 0 Å². The van der Waals surface area contributed by atoms with Crippen LogP contribution >= 0.6 is 0 Å². The average Bonchev–Trinajstić information content (AvgIpc) is 2.56. The summed E-state index contributed by atoms with van der Waals surface area (Å²) in [4.78, 5) is 18.6. The van der Waals surface area contributed by atoms with Gasteiger partial charge in [-0.1, -0.05) is 18.2 Å². The molecule has 4 nitrogen and oxygen atoms in total. The van der Waals surface area contributed by atoms with Crippen LogP contribution in [0.4, 0.5) is 0 Å². The lowest BCUT2D eigenvalue weighted by molar-refractivity contribution is 0.481. The number of phenols is 1. The molecule has 2 aromatic heterocycles. The molecule has 2 aromatic carbocycles. The number of hydrogen-bond acceptors (Lipinski definition) is 3. The zero-order valence-corrected chi connectivity index (χ0v) is 12.7. The van der Waals surface area contributed by atoms with Crippen molar-refractivity contribution in [3.63, 3.8) is 0 Å². The maximum Gasteiger partial charge on any atom is 0.189 e. The first kappa shape index (κ1) is 14.8. The second-order valence-electron chi connectivity index (χ2n) is 5.21. The molecular formula is C19H16N2O2. The first-order chi connectivity index (χ1) is 11.1. The number of aromatic hydroxyl groups is 1. The van der Waals surface area contributed by atoms with Crippen molar-refractivity contribution in [2.75, 3.05) is 0 Å². The lowest BCUT2D eigenvalue weighted by atomic mass is 10.2. The number of fused-ring (bicyclic) bond motifs is 2. The van der Waals surface area contributed by atoms with Crippen molar-refractivity contribution in [1.82, 2.24) is 9.97 Å². The SMILES string of the molecule is Cc1cc(=O)c2ccccc2[nH]1.Oc1cccc2ncccc12. The number of nitrogens with one attached hydrogen (secondary N) is 1. The normalized spacial score (nSPS) is 10.3. The Kier molecular flexibility index (Phi) is 4.06. The number of aromatic nitrogens is 2. The Balaban J connectivity index is 0.000000136. The second kappa shape index (κ2) is 6.32. The summed E-state index contributed by atoms with van der Waals surface area (Å²) in [6, 6.07) is 18.1. The minimum absolute atomic E-state index is 0.0850. The predicted molar refractivity (Wildman–Crippen MR) is 92.7 cm³/mol. The Hall–Kier alpha value is -3.14. The molecule has 2 N–H and O–H groups in total. The van der Waals surface area contributed by atoms with Crippen LogP contribution in [0.25, 0.3) is 21.8 Å². The fraction of sp³-hybridized carbons (Fsp3) is 0.0526.